The molecule has 0 unspecified atom stereocenters. The van der Waals surface area contributed by atoms with Crippen molar-refractivity contribution >= 4 is 12.1 Å². The summed E-state index contributed by atoms with van der Waals surface area (Å²) in [7, 11) is 0. The third-order valence-electron chi connectivity index (χ3n) is 6.71. The average Bonchev–Trinajstić information content (AvgIpc) is 2.96. The van der Waals surface area contributed by atoms with Crippen molar-refractivity contribution in [3.63, 3.8) is 0 Å². The van der Waals surface area contributed by atoms with Gasteiger partial charge in [0, 0.05) is 5.56 Å². The number of esters is 1. The molecule has 0 fully saturated rings. The van der Waals surface area contributed by atoms with Gasteiger partial charge < -0.3 is 14.2 Å². The van der Waals surface area contributed by atoms with Crippen LogP contribution in [0.15, 0.2) is 66.7 Å². The smallest absolute Gasteiger partial charge is 0.494 e. The summed E-state index contributed by atoms with van der Waals surface area (Å²) in [5, 5.41) is 0. The van der Waals surface area contributed by atoms with Gasteiger partial charge in [0.2, 0.25) is 0 Å². The predicted octanol–water partition coefficient (Wildman–Crippen LogP) is 9.38. The van der Waals surface area contributed by atoms with Gasteiger partial charge in [0.25, 0.3) is 0 Å². The van der Waals surface area contributed by atoms with Crippen molar-refractivity contribution in [1.82, 2.24) is 0 Å². The Morgan fingerprint density at radius 3 is 2.10 bits per heavy atom. The molecule has 0 radical (unpaired) electrons. The maximum Gasteiger partial charge on any atom is 0.516 e. The largest absolute Gasteiger partial charge is 0.516 e. The number of hydrogen-bond acceptors (Lipinski definition) is 5. The van der Waals surface area contributed by atoms with Gasteiger partial charge in [-0.25, -0.2) is 14.0 Å². The first-order valence-corrected chi connectivity index (χ1v) is 14.0. The number of carbonyl (C=O) groups is 2. The molecule has 3 aromatic carbocycles. The lowest BCUT2D eigenvalue weighted by Crippen LogP contribution is -2.21. The number of halogens is 1. The fourth-order valence-electron chi connectivity index (χ4n) is 4.41. The normalized spacial score (nSPS) is 10.9. The van der Waals surface area contributed by atoms with Crippen LogP contribution in [-0.4, -0.2) is 24.8 Å². The Balaban J connectivity index is 1.79. The van der Waals surface area contributed by atoms with E-state index in [-0.39, 0.29) is 17.2 Å². The number of ether oxygens (including phenoxy) is 3. The second-order valence-electron chi connectivity index (χ2n) is 9.55. The van der Waals surface area contributed by atoms with E-state index >= 15 is 4.39 Å². The molecule has 0 atom stereocenters. The number of benzene rings is 3. The quantitative estimate of drug-likeness (QED) is 0.117. The molecular weight excluding hydrogens is 495 g/mol. The number of rotatable bonds is 14. The molecule has 3 rings (SSSR count). The van der Waals surface area contributed by atoms with Crippen LogP contribution in [0, 0.1) is 5.82 Å². The maximum atomic E-state index is 15.9. The van der Waals surface area contributed by atoms with Crippen molar-refractivity contribution in [3.8, 4) is 28.0 Å². The van der Waals surface area contributed by atoms with Crippen molar-refractivity contribution < 1.29 is 28.2 Å². The Bertz CT molecular complexity index is 1190. The summed E-state index contributed by atoms with van der Waals surface area (Å²) in [6.07, 6.45) is 6.86. The van der Waals surface area contributed by atoms with E-state index in [1.165, 1.54) is 31.7 Å². The first-order chi connectivity index (χ1) is 19.0. The minimum Gasteiger partial charge on any atom is -0.494 e. The summed E-state index contributed by atoms with van der Waals surface area (Å²) in [6, 6.07) is 19.5. The minimum atomic E-state index is -1.13. The zero-order valence-electron chi connectivity index (χ0n) is 23.2. The van der Waals surface area contributed by atoms with Gasteiger partial charge >= 0.3 is 12.1 Å². The maximum absolute atomic E-state index is 15.9. The zero-order valence-corrected chi connectivity index (χ0v) is 23.2. The van der Waals surface area contributed by atoms with Crippen LogP contribution in [-0.2, 0) is 9.47 Å². The molecule has 0 heterocycles. The van der Waals surface area contributed by atoms with Gasteiger partial charge in [0.1, 0.15) is 17.7 Å². The third kappa shape index (κ3) is 8.67. The molecule has 39 heavy (non-hydrogen) atoms. The lowest BCUT2D eigenvalue weighted by molar-refractivity contribution is 0.0196. The van der Waals surface area contributed by atoms with Gasteiger partial charge in [-0.2, -0.15) is 0 Å². The van der Waals surface area contributed by atoms with Gasteiger partial charge in [-0.1, -0.05) is 101 Å². The van der Waals surface area contributed by atoms with Crippen LogP contribution >= 0.6 is 0 Å². The molecule has 0 N–H and O–H groups in total. The van der Waals surface area contributed by atoms with Crippen LogP contribution in [0.4, 0.5) is 9.18 Å². The zero-order chi connectivity index (χ0) is 28.0. The summed E-state index contributed by atoms with van der Waals surface area (Å²) in [4.78, 5) is 24.8. The van der Waals surface area contributed by atoms with Gasteiger partial charge in [0.05, 0.1) is 12.2 Å². The van der Waals surface area contributed by atoms with E-state index in [9.17, 15) is 9.59 Å². The van der Waals surface area contributed by atoms with Crippen molar-refractivity contribution in [2.24, 2.45) is 0 Å². The number of hydrogen-bond donors (Lipinski definition) is 0. The van der Waals surface area contributed by atoms with E-state index in [1.54, 1.807) is 30.3 Å². The molecule has 0 saturated heterocycles. The van der Waals surface area contributed by atoms with Crippen molar-refractivity contribution in [2.75, 3.05) is 6.61 Å². The van der Waals surface area contributed by atoms with E-state index in [0.29, 0.717) is 30.6 Å². The highest BCUT2D eigenvalue weighted by molar-refractivity contribution is 5.98. The van der Waals surface area contributed by atoms with E-state index < -0.39 is 17.9 Å². The number of carbonyl (C=O) groups excluding carboxylic acids is 2. The molecule has 3 aromatic rings. The molecule has 0 spiro atoms. The van der Waals surface area contributed by atoms with E-state index in [0.717, 1.165) is 24.2 Å². The van der Waals surface area contributed by atoms with Crippen LogP contribution in [0.5, 0.6) is 5.75 Å². The second kappa shape index (κ2) is 15.7. The molecule has 0 aliphatic heterocycles. The molecule has 0 aromatic heterocycles. The van der Waals surface area contributed by atoms with Crippen LogP contribution in [0.25, 0.3) is 22.3 Å². The highest BCUT2D eigenvalue weighted by Gasteiger charge is 2.24. The highest BCUT2D eigenvalue weighted by atomic mass is 19.1. The van der Waals surface area contributed by atoms with Crippen molar-refractivity contribution in [1.29, 1.82) is 0 Å². The molecule has 0 saturated carbocycles. The Hall–Kier alpha value is -3.67. The third-order valence-corrected chi connectivity index (χ3v) is 6.71. The molecule has 0 bridgehead atoms. The monoisotopic (exact) mass is 534 g/mol. The SMILES string of the molecule is CCCCCCCCOc1ccc(-c2ccc(C(=O)OC(=O)OC(CC)CC)c(F)c2-c2ccccc2)cc1. The van der Waals surface area contributed by atoms with Crippen LogP contribution in [0.3, 0.4) is 0 Å². The lowest BCUT2D eigenvalue weighted by Gasteiger charge is -2.16. The molecular formula is C33H39FO5. The molecule has 0 amide bonds. The Labute approximate surface area is 231 Å². The summed E-state index contributed by atoms with van der Waals surface area (Å²) in [6.45, 7) is 6.59. The second-order valence-corrected chi connectivity index (χ2v) is 9.55. The Morgan fingerprint density at radius 1 is 0.769 bits per heavy atom. The topological polar surface area (TPSA) is 61.8 Å². The summed E-state index contributed by atoms with van der Waals surface area (Å²) < 4.78 is 31.8. The molecule has 0 aliphatic carbocycles. The van der Waals surface area contributed by atoms with E-state index in [2.05, 4.69) is 6.92 Å². The molecule has 0 aliphatic rings. The standard InChI is InChI=1S/C33H39FO5/c1-4-7-8-9-10-14-23-37-27-19-17-24(18-20-27)28-21-22-29(31(34)30(28)25-15-12-11-13-16-25)32(35)39-33(36)38-26(5-2)6-3/h11-13,15-22,26H,4-10,14,23H2,1-3H3. The Kier molecular flexibility index (Phi) is 12.0. The van der Waals surface area contributed by atoms with Gasteiger partial charge in [-0.15, -0.1) is 0 Å². The minimum absolute atomic E-state index is 0.249. The van der Waals surface area contributed by atoms with Crippen LogP contribution < -0.4 is 4.74 Å². The van der Waals surface area contributed by atoms with Crippen molar-refractivity contribution in [2.45, 2.75) is 78.2 Å². The fourth-order valence-corrected chi connectivity index (χ4v) is 4.41. The summed E-state index contributed by atoms with van der Waals surface area (Å²) in [5.41, 5.74) is 1.89. The van der Waals surface area contributed by atoms with Crippen molar-refractivity contribution in [3.05, 3.63) is 78.1 Å². The van der Waals surface area contributed by atoms with Gasteiger partial charge in [-0.05, 0) is 54.2 Å². The van der Waals surface area contributed by atoms with Crippen LogP contribution in [0.2, 0.25) is 0 Å². The molecule has 5 nitrogen and oxygen atoms in total. The van der Waals surface area contributed by atoms with E-state index in [1.807, 2.05) is 44.2 Å². The Morgan fingerprint density at radius 2 is 1.44 bits per heavy atom. The summed E-state index contributed by atoms with van der Waals surface area (Å²) in [5.74, 6) is -1.10. The number of unbranched alkanes of at least 4 members (excludes halogenated alkanes) is 5. The first kappa shape index (κ1) is 29.9. The van der Waals surface area contributed by atoms with Crippen LogP contribution in [0.1, 0.15) is 82.5 Å². The molecule has 6 heteroatoms. The predicted molar refractivity (Wildman–Crippen MR) is 152 cm³/mol. The highest BCUT2D eigenvalue weighted by Crippen LogP contribution is 2.36. The average molecular weight is 535 g/mol. The van der Waals surface area contributed by atoms with Gasteiger partial charge in [0.15, 0.2) is 0 Å². The molecule has 208 valence electrons. The summed E-state index contributed by atoms with van der Waals surface area (Å²) >= 11 is 0. The van der Waals surface area contributed by atoms with E-state index in [4.69, 9.17) is 14.2 Å². The van der Waals surface area contributed by atoms with Gasteiger partial charge in [-0.3, -0.25) is 0 Å². The fraction of sp³-hybridized carbons (Fsp3) is 0.394. The lowest BCUT2D eigenvalue weighted by atomic mass is 9.92. The first-order valence-electron chi connectivity index (χ1n) is 14.0.